The van der Waals surface area contributed by atoms with E-state index < -0.39 is 10.0 Å². The van der Waals surface area contributed by atoms with E-state index in [2.05, 4.69) is 30.6 Å². The first-order valence-corrected chi connectivity index (χ1v) is 11.0. The van der Waals surface area contributed by atoms with Crippen molar-refractivity contribution in [1.82, 2.24) is 34.3 Å². The number of piperidine rings is 1. The van der Waals surface area contributed by atoms with E-state index in [0.717, 1.165) is 23.4 Å². The molecule has 4 rings (SSSR count). The van der Waals surface area contributed by atoms with Crippen LogP contribution in [0.3, 0.4) is 0 Å². The number of nitrogens with one attached hydrogen (secondary N) is 2. The van der Waals surface area contributed by atoms with E-state index in [-0.39, 0.29) is 10.9 Å². The second-order valence-corrected chi connectivity index (χ2v) is 9.00. The Hall–Kier alpha value is -2.79. The minimum atomic E-state index is -3.49. The lowest BCUT2D eigenvalue weighted by Gasteiger charge is -2.31. The lowest BCUT2D eigenvalue weighted by atomic mass is 10.1. The van der Waals surface area contributed by atoms with E-state index in [4.69, 9.17) is 0 Å². The molecule has 2 N–H and O–H groups in total. The molecule has 0 spiro atoms. The molecule has 0 amide bonds. The molecule has 0 saturated carbocycles. The predicted molar refractivity (Wildman–Crippen MR) is 108 cm³/mol. The van der Waals surface area contributed by atoms with Crippen LogP contribution in [0.2, 0.25) is 0 Å². The monoisotopic (exact) mass is 416 g/mol. The van der Waals surface area contributed by atoms with Gasteiger partial charge in [0.1, 0.15) is 4.90 Å². The Kier molecular flexibility index (Phi) is 5.33. The van der Waals surface area contributed by atoms with Gasteiger partial charge in [-0.25, -0.2) is 18.4 Å². The van der Waals surface area contributed by atoms with Crippen molar-refractivity contribution in [1.29, 1.82) is 0 Å². The molecule has 0 aromatic carbocycles. The van der Waals surface area contributed by atoms with Gasteiger partial charge >= 0.3 is 0 Å². The smallest absolute Gasteiger partial charge is 0.246 e. The van der Waals surface area contributed by atoms with Gasteiger partial charge in [-0.3, -0.25) is 9.78 Å². The Balaban J connectivity index is 1.43. The Bertz CT molecular complexity index is 1070. The molecule has 10 nitrogen and oxygen atoms in total. The first-order chi connectivity index (χ1) is 14.0. The fourth-order valence-corrected chi connectivity index (χ4v) is 4.79. The highest BCUT2D eigenvalue weighted by Gasteiger charge is 2.30. The molecule has 11 heteroatoms. The third kappa shape index (κ3) is 4.01. The number of sulfonamides is 1. The van der Waals surface area contributed by atoms with Crippen LogP contribution in [0.25, 0.3) is 11.3 Å². The van der Waals surface area contributed by atoms with E-state index in [9.17, 15) is 8.42 Å². The van der Waals surface area contributed by atoms with Gasteiger partial charge < -0.3 is 5.32 Å². The van der Waals surface area contributed by atoms with Crippen LogP contribution in [0.1, 0.15) is 25.3 Å². The van der Waals surface area contributed by atoms with Gasteiger partial charge in [-0.1, -0.05) is 0 Å². The maximum absolute atomic E-state index is 12.6. The second-order valence-electron chi connectivity index (χ2n) is 7.07. The lowest BCUT2D eigenvalue weighted by Crippen LogP contribution is -2.42. The molecule has 3 aromatic rings. The zero-order valence-electron chi connectivity index (χ0n) is 16.4. The van der Waals surface area contributed by atoms with E-state index >= 15 is 0 Å². The zero-order chi connectivity index (χ0) is 20.4. The van der Waals surface area contributed by atoms with Crippen LogP contribution in [-0.2, 0) is 16.6 Å². The van der Waals surface area contributed by atoms with Crippen LogP contribution in [0, 0.1) is 6.92 Å². The molecule has 1 saturated heterocycles. The van der Waals surface area contributed by atoms with Crippen LogP contribution < -0.4 is 5.32 Å². The van der Waals surface area contributed by atoms with Crippen LogP contribution >= 0.6 is 0 Å². The molecule has 1 aliphatic rings. The summed E-state index contributed by atoms with van der Waals surface area (Å²) in [5, 5.41) is 14.0. The summed E-state index contributed by atoms with van der Waals surface area (Å²) in [4.78, 5) is 9.27. The number of hydrogen-bond acceptors (Lipinski definition) is 7. The van der Waals surface area contributed by atoms with Gasteiger partial charge in [0.25, 0.3) is 0 Å². The summed E-state index contributed by atoms with van der Waals surface area (Å²) in [6.07, 6.45) is 9.67. The summed E-state index contributed by atoms with van der Waals surface area (Å²) in [7, 11) is -3.49. The van der Waals surface area contributed by atoms with Crippen molar-refractivity contribution in [3.05, 3.63) is 36.5 Å². The van der Waals surface area contributed by atoms with Crippen molar-refractivity contribution in [2.45, 2.75) is 44.2 Å². The standard InChI is InChI=1S/C18H24N8O2S/c1-3-25-12-14(9-22-25)17-13(2)8-19-18(24-17)23-15-4-6-26(7-5-15)29(27,28)16-10-20-21-11-16/h8-12,15H,3-7H2,1-2H3,(H,20,21)(H,19,23,24). The highest BCUT2D eigenvalue weighted by atomic mass is 32.2. The van der Waals surface area contributed by atoms with E-state index in [1.54, 1.807) is 6.20 Å². The highest BCUT2D eigenvalue weighted by molar-refractivity contribution is 7.89. The minimum Gasteiger partial charge on any atom is -0.351 e. The summed E-state index contributed by atoms with van der Waals surface area (Å²) >= 11 is 0. The topological polar surface area (TPSA) is 122 Å². The van der Waals surface area contributed by atoms with Gasteiger partial charge in [0, 0.05) is 49.8 Å². The average Bonchev–Trinajstić information content (AvgIpc) is 3.42. The normalized spacial score (nSPS) is 16.2. The van der Waals surface area contributed by atoms with Crippen LogP contribution in [0.5, 0.6) is 0 Å². The Morgan fingerprint density at radius 1 is 1.24 bits per heavy atom. The molecule has 29 heavy (non-hydrogen) atoms. The van der Waals surface area contributed by atoms with Crippen molar-refractivity contribution in [3.63, 3.8) is 0 Å². The molecule has 1 fully saturated rings. The Labute approximate surface area is 169 Å². The van der Waals surface area contributed by atoms with Crippen LogP contribution in [0.15, 0.2) is 35.9 Å². The minimum absolute atomic E-state index is 0.111. The molecule has 154 valence electrons. The number of aromatic nitrogens is 6. The van der Waals surface area contributed by atoms with Crippen LogP contribution in [-0.4, -0.2) is 61.8 Å². The summed E-state index contributed by atoms with van der Waals surface area (Å²) in [6, 6.07) is 0.111. The van der Waals surface area contributed by atoms with E-state index in [1.165, 1.54) is 16.7 Å². The summed E-state index contributed by atoms with van der Waals surface area (Å²) in [5.41, 5.74) is 2.78. The van der Waals surface area contributed by atoms with Gasteiger partial charge in [-0.05, 0) is 32.3 Å². The Morgan fingerprint density at radius 2 is 2.03 bits per heavy atom. The molecule has 0 unspecified atom stereocenters. The maximum atomic E-state index is 12.6. The molecule has 0 bridgehead atoms. The third-order valence-corrected chi connectivity index (χ3v) is 6.96. The third-order valence-electron chi connectivity index (χ3n) is 5.10. The molecule has 0 radical (unpaired) electrons. The van der Waals surface area contributed by atoms with Crippen molar-refractivity contribution in [3.8, 4) is 11.3 Å². The molecule has 0 aliphatic carbocycles. The average molecular weight is 417 g/mol. The maximum Gasteiger partial charge on any atom is 0.246 e. The van der Waals surface area contributed by atoms with E-state index in [0.29, 0.717) is 31.9 Å². The summed E-state index contributed by atoms with van der Waals surface area (Å²) in [6.45, 7) is 5.69. The van der Waals surface area contributed by atoms with Gasteiger partial charge in [0.2, 0.25) is 16.0 Å². The zero-order valence-corrected chi connectivity index (χ0v) is 17.2. The van der Waals surface area contributed by atoms with E-state index in [1.807, 2.05) is 30.9 Å². The molecule has 3 aromatic heterocycles. The number of aromatic amines is 1. The molecule has 1 aliphatic heterocycles. The number of aryl methyl sites for hydroxylation is 2. The van der Waals surface area contributed by atoms with Gasteiger partial charge in [0.05, 0.1) is 18.1 Å². The van der Waals surface area contributed by atoms with Crippen molar-refractivity contribution in [2.75, 3.05) is 18.4 Å². The first kappa shape index (κ1) is 19.5. The second kappa shape index (κ2) is 7.91. The molecule has 0 atom stereocenters. The first-order valence-electron chi connectivity index (χ1n) is 9.59. The van der Waals surface area contributed by atoms with Crippen LogP contribution in [0.4, 0.5) is 5.95 Å². The van der Waals surface area contributed by atoms with Gasteiger partial charge in [-0.15, -0.1) is 0 Å². The molecule has 4 heterocycles. The lowest BCUT2D eigenvalue weighted by molar-refractivity contribution is 0.329. The summed E-state index contributed by atoms with van der Waals surface area (Å²) in [5.74, 6) is 0.547. The van der Waals surface area contributed by atoms with Crippen molar-refractivity contribution in [2.24, 2.45) is 0 Å². The predicted octanol–water partition coefficient (Wildman–Crippen LogP) is 1.66. The highest BCUT2D eigenvalue weighted by Crippen LogP contribution is 2.24. The fourth-order valence-electron chi connectivity index (χ4n) is 3.41. The number of nitrogens with zero attached hydrogens (tertiary/aromatic N) is 6. The SMILES string of the molecule is CCn1cc(-c2nc(NC3CCN(S(=O)(=O)c4cn[nH]c4)CC3)ncc2C)cn1. The Morgan fingerprint density at radius 3 is 2.69 bits per heavy atom. The van der Waals surface area contributed by atoms with Crippen molar-refractivity contribution < 1.29 is 8.42 Å². The largest absolute Gasteiger partial charge is 0.351 e. The number of anilines is 1. The van der Waals surface area contributed by atoms with Crippen molar-refractivity contribution >= 4 is 16.0 Å². The fraction of sp³-hybridized carbons (Fsp3) is 0.444. The molecular weight excluding hydrogens is 392 g/mol. The quantitative estimate of drug-likeness (QED) is 0.626. The number of H-pyrrole nitrogens is 1. The number of rotatable bonds is 6. The number of hydrogen-bond donors (Lipinski definition) is 2. The van der Waals surface area contributed by atoms with Gasteiger partial charge in [0.15, 0.2) is 0 Å². The van der Waals surface area contributed by atoms with Gasteiger partial charge in [-0.2, -0.15) is 14.5 Å². The molecular formula is C18H24N8O2S. The summed E-state index contributed by atoms with van der Waals surface area (Å²) < 4.78 is 28.5.